The van der Waals surface area contributed by atoms with Gasteiger partial charge in [-0.25, -0.2) is 9.18 Å². The summed E-state index contributed by atoms with van der Waals surface area (Å²) in [6.07, 6.45) is -0.178. The number of hydrogen-bond acceptors (Lipinski definition) is 4. The minimum absolute atomic E-state index is 0.0935. The van der Waals surface area contributed by atoms with Crippen LogP contribution in [-0.4, -0.2) is 24.9 Å². The van der Waals surface area contributed by atoms with Gasteiger partial charge in [-0.15, -0.1) is 0 Å². The number of allylic oxidation sites excluding steroid dienone is 1. The van der Waals surface area contributed by atoms with Crippen LogP contribution in [0.1, 0.15) is 13.3 Å². The van der Waals surface area contributed by atoms with E-state index in [9.17, 15) is 18.8 Å². The Hall–Kier alpha value is -2.70. The van der Waals surface area contributed by atoms with Gasteiger partial charge in [0.2, 0.25) is 11.8 Å². The maximum absolute atomic E-state index is 13.1. The largest absolute Gasteiger partial charge is 0.466 e. The van der Waals surface area contributed by atoms with Gasteiger partial charge in [0.1, 0.15) is 5.82 Å². The molecular weight excluding hydrogens is 291 g/mol. The Labute approximate surface area is 126 Å². The molecule has 1 aromatic carbocycles. The second-order valence-electron chi connectivity index (χ2n) is 4.83. The molecule has 1 aliphatic rings. The number of anilines is 1. The lowest BCUT2D eigenvalue weighted by Gasteiger charge is -2.25. The number of methoxy groups -OCH3 is 1. The molecule has 0 spiro atoms. The molecule has 0 unspecified atom stereocenters. The minimum Gasteiger partial charge on any atom is -0.466 e. The van der Waals surface area contributed by atoms with Gasteiger partial charge in [-0.2, -0.15) is 0 Å². The second kappa shape index (κ2) is 6.38. The van der Waals surface area contributed by atoms with Crippen molar-refractivity contribution in [2.45, 2.75) is 13.3 Å². The molecule has 0 fully saturated rings. The number of rotatable bonds is 3. The average molecular weight is 306 g/mol. The van der Waals surface area contributed by atoms with Crippen LogP contribution in [0.5, 0.6) is 0 Å². The fourth-order valence-electron chi connectivity index (χ4n) is 2.30. The van der Waals surface area contributed by atoms with Gasteiger partial charge >= 0.3 is 5.97 Å². The zero-order valence-corrected chi connectivity index (χ0v) is 12.1. The van der Waals surface area contributed by atoms with Gasteiger partial charge in [-0.05, 0) is 25.1 Å². The van der Waals surface area contributed by atoms with Crippen molar-refractivity contribution in [3.63, 3.8) is 0 Å². The fourth-order valence-corrected chi connectivity index (χ4v) is 2.30. The Morgan fingerprint density at radius 1 is 1.41 bits per heavy atom. The van der Waals surface area contributed by atoms with E-state index < -0.39 is 23.6 Å². The molecular formula is C15H15FN2O4. The smallest absolute Gasteiger partial charge is 0.336 e. The molecule has 0 saturated heterocycles. The van der Waals surface area contributed by atoms with Gasteiger partial charge in [0.05, 0.1) is 18.6 Å². The molecule has 0 radical (unpaired) electrons. The first-order valence-electron chi connectivity index (χ1n) is 6.57. The Morgan fingerprint density at radius 2 is 2.14 bits per heavy atom. The van der Waals surface area contributed by atoms with Crippen molar-refractivity contribution >= 4 is 23.5 Å². The van der Waals surface area contributed by atoms with Crippen LogP contribution in [0, 0.1) is 11.7 Å². The molecule has 6 nitrogen and oxygen atoms in total. The third kappa shape index (κ3) is 3.30. The van der Waals surface area contributed by atoms with Crippen molar-refractivity contribution in [2.75, 3.05) is 12.4 Å². The van der Waals surface area contributed by atoms with Crippen LogP contribution in [0.4, 0.5) is 10.1 Å². The van der Waals surface area contributed by atoms with Crippen molar-refractivity contribution in [3.05, 3.63) is 41.4 Å². The van der Waals surface area contributed by atoms with Crippen LogP contribution in [0.3, 0.4) is 0 Å². The normalized spacial score (nSPS) is 17.8. The fraction of sp³-hybridized carbons (Fsp3) is 0.267. The molecule has 0 aromatic heterocycles. The van der Waals surface area contributed by atoms with Crippen LogP contribution in [0.25, 0.3) is 0 Å². The van der Waals surface area contributed by atoms with Crippen LogP contribution < -0.4 is 10.6 Å². The van der Waals surface area contributed by atoms with Crippen LogP contribution >= 0.6 is 0 Å². The van der Waals surface area contributed by atoms with Gasteiger partial charge in [-0.1, -0.05) is 6.07 Å². The maximum atomic E-state index is 13.1. The lowest BCUT2D eigenvalue weighted by molar-refractivity contribution is -0.139. The van der Waals surface area contributed by atoms with E-state index in [1.165, 1.54) is 32.2 Å². The molecule has 1 heterocycles. The lowest BCUT2D eigenvalue weighted by atomic mass is 9.89. The molecule has 22 heavy (non-hydrogen) atoms. The highest BCUT2D eigenvalue weighted by Crippen LogP contribution is 2.25. The van der Waals surface area contributed by atoms with Gasteiger partial charge in [0.25, 0.3) is 0 Å². The standard InChI is InChI=1S/C15H15FN2O4/c1-8-13(15(21)22-2)11(7-12(19)17-8)14(20)18-10-5-3-4-9(16)6-10/h3-6,11H,7H2,1-2H3,(H,17,19)(H,18,20)/t11-/m1/s1. The maximum Gasteiger partial charge on any atom is 0.336 e. The summed E-state index contributed by atoms with van der Waals surface area (Å²) in [5.41, 5.74) is 0.622. The Balaban J connectivity index is 2.27. The zero-order chi connectivity index (χ0) is 16.3. The molecule has 7 heteroatoms. The summed E-state index contributed by atoms with van der Waals surface area (Å²) in [6.45, 7) is 1.52. The number of ether oxygens (including phenoxy) is 1. The summed E-state index contributed by atoms with van der Waals surface area (Å²) in [4.78, 5) is 35.8. The first kappa shape index (κ1) is 15.7. The molecule has 1 aromatic rings. The lowest BCUT2D eigenvalue weighted by Crippen LogP contribution is -2.40. The molecule has 116 valence electrons. The SMILES string of the molecule is COC(=O)C1=C(C)NC(=O)C[C@H]1C(=O)Nc1cccc(F)c1. The van der Waals surface area contributed by atoms with Crippen molar-refractivity contribution in [2.24, 2.45) is 5.92 Å². The highest BCUT2D eigenvalue weighted by Gasteiger charge is 2.36. The number of esters is 1. The van der Waals surface area contributed by atoms with Crippen molar-refractivity contribution < 1.29 is 23.5 Å². The summed E-state index contributed by atoms with van der Waals surface area (Å²) in [5.74, 6) is -3.11. The number of halogens is 1. The number of carbonyl (C=O) groups excluding carboxylic acids is 3. The Bertz CT molecular complexity index is 669. The van der Waals surface area contributed by atoms with Crippen LogP contribution in [-0.2, 0) is 19.1 Å². The number of hydrogen-bond donors (Lipinski definition) is 2. The predicted octanol–water partition coefficient (Wildman–Crippen LogP) is 1.35. The summed E-state index contributed by atoms with van der Waals surface area (Å²) in [6, 6.07) is 5.35. The monoisotopic (exact) mass is 306 g/mol. The van der Waals surface area contributed by atoms with E-state index in [2.05, 4.69) is 15.4 Å². The summed E-state index contributed by atoms with van der Waals surface area (Å²) < 4.78 is 17.8. The third-order valence-corrected chi connectivity index (χ3v) is 3.28. The van der Waals surface area contributed by atoms with E-state index >= 15 is 0 Å². The quantitative estimate of drug-likeness (QED) is 0.826. The minimum atomic E-state index is -0.982. The number of amides is 2. The van der Waals surface area contributed by atoms with Gasteiger partial charge in [0.15, 0.2) is 0 Å². The van der Waals surface area contributed by atoms with Crippen molar-refractivity contribution in [1.82, 2.24) is 5.32 Å². The first-order chi connectivity index (χ1) is 10.4. The predicted molar refractivity (Wildman–Crippen MR) is 76.0 cm³/mol. The number of carbonyl (C=O) groups is 3. The topological polar surface area (TPSA) is 84.5 Å². The van der Waals surface area contributed by atoms with Gasteiger partial charge < -0.3 is 15.4 Å². The molecule has 0 saturated carbocycles. The van der Waals surface area contributed by atoms with Crippen LogP contribution in [0.2, 0.25) is 0 Å². The molecule has 2 rings (SSSR count). The second-order valence-corrected chi connectivity index (χ2v) is 4.83. The molecule has 2 amide bonds. The third-order valence-electron chi connectivity index (χ3n) is 3.28. The molecule has 1 aliphatic heterocycles. The molecule has 0 bridgehead atoms. The highest BCUT2D eigenvalue weighted by atomic mass is 19.1. The Morgan fingerprint density at radius 3 is 2.77 bits per heavy atom. The summed E-state index contributed by atoms with van der Waals surface area (Å²) in [7, 11) is 1.20. The highest BCUT2D eigenvalue weighted by molar-refractivity contribution is 6.06. The first-order valence-corrected chi connectivity index (χ1v) is 6.57. The van der Waals surface area contributed by atoms with E-state index in [1.807, 2.05) is 0 Å². The number of benzene rings is 1. The Kier molecular flexibility index (Phi) is 4.55. The average Bonchev–Trinajstić information content (AvgIpc) is 2.45. The molecule has 0 aliphatic carbocycles. The van der Waals surface area contributed by atoms with Crippen LogP contribution in [0.15, 0.2) is 35.5 Å². The molecule has 1 atom stereocenters. The van der Waals surface area contributed by atoms with Crippen molar-refractivity contribution in [3.8, 4) is 0 Å². The molecule has 2 N–H and O–H groups in total. The van der Waals surface area contributed by atoms with E-state index in [4.69, 9.17) is 0 Å². The van der Waals surface area contributed by atoms with E-state index in [1.54, 1.807) is 0 Å². The van der Waals surface area contributed by atoms with Gasteiger partial charge in [-0.3, -0.25) is 9.59 Å². The van der Waals surface area contributed by atoms with E-state index in [0.29, 0.717) is 0 Å². The van der Waals surface area contributed by atoms with E-state index in [-0.39, 0.29) is 29.3 Å². The summed E-state index contributed by atoms with van der Waals surface area (Å²) in [5, 5.41) is 5.00. The number of nitrogens with one attached hydrogen (secondary N) is 2. The zero-order valence-electron chi connectivity index (χ0n) is 12.1. The van der Waals surface area contributed by atoms with E-state index in [0.717, 1.165) is 6.07 Å². The van der Waals surface area contributed by atoms with Crippen molar-refractivity contribution in [1.29, 1.82) is 0 Å². The van der Waals surface area contributed by atoms with Gasteiger partial charge in [0, 0.05) is 17.8 Å². The summed E-state index contributed by atoms with van der Waals surface area (Å²) >= 11 is 0.